The summed E-state index contributed by atoms with van der Waals surface area (Å²) in [5, 5.41) is 17.7. The number of nitrogens with zero attached hydrogens (tertiary/aromatic N) is 4. The molecule has 52 heavy (non-hydrogen) atoms. The van der Waals surface area contributed by atoms with Crippen molar-refractivity contribution in [2.75, 3.05) is 13.2 Å². The standard InChI is InChI=1S/C43H50N4O5/c1-3-9-32-10-12-33(13-11-32)34-14-18-36(19-15-34)44-45-37-20-22-38(23-21-37)46-47-39-24-28-41(29-25-39)52-43(49)35-16-26-40(27-17-35)50-30-7-5-6-8-31-51-42(48)4-2/h4,14-22,24-29,32-33,38H,2-3,5-13,23,30-31H2,1H3. The van der Waals surface area contributed by atoms with Gasteiger partial charge >= 0.3 is 11.9 Å². The highest BCUT2D eigenvalue weighted by atomic mass is 16.5. The molecule has 5 rings (SSSR count). The van der Waals surface area contributed by atoms with Crippen LogP contribution in [0.5, 0.6) is 11.5 Å². The number of ether oxygens (including phenoxy) is 3. The molecule has 2 aliphatic rings. The maximum absolute atomic E-state index is 12.7. The van der Waals surface area contributed by atoms with Crippen molar-refractivity contribution in [2.24, 2.45) is 26.4 Å². The number of hydrogen-bond donors (Lipinski definition) is 0. The van der Waals surface area contributed by atoms with Gasteiger partial charge in [0.25, 0.3) is 0 Å². The molecule has 2 aliphatic carbocycles. The van der Waals surface area contributed by atoms with E-state index < -0.39 is 11.9 Å². The first-order valence-corrected chi connectivity index (χ1v) is 18.6. The number of unbranched alkanes of at least 4 members (excludes halogenated alkanes) is 3. The predicted octanol–water partition coefficient (Wildman–Crippen LogP) is 11.7. The third-order valence-electron chi connectivity index (χ3n) is 9.42. The van der Waals surface area contributed by atoms with E-state index in [2.05, 4.69) is 58.2 Å². The Hall–Kier alpha value is -5.18. The molecule has 1 unspecified atom stereocenters. The first kappa shape index (κ1) is 38.1. The quantitative estimate of drug-likeness (QED) is 0.0430. The summed E-state index contributed by atoms with van der Waals surface area (Å²) < 4.78 is 16.3. The summed E-state index contributed by atoms with van der Waals surface area (Å²) in [6.07, 6.45) is 19.3. The molecule has 1 fully saturated rings. The molecule has 0 bridgehead atoms. The fraction of sp³-hybridized carbons (Fsp3) is 0.395. The Morgan fingerprint density at radius 3 is 2.13 bits per heavy atom. The van der Waals surface area contributed by atoms with Crippen LogP contribution in [0.1, 0.15) is 99.4 Å². The van der Waals surface area contributed by atoms with Crippen LogP contribution in [-0.2, 0) is 9.53 Å². The molecule has 3 aromatic rings. The third-order valence-corrected chi connectivity index (χ3v) is 9.42. The van der Waals surface area contributed by atoms with Gasteiger partial charge in [0, 0.05) is 6.08 Å². The number of allylic oxidation sites excluding steroid dienone is 1. The van der Waals surface area contributed by atoms with E-state index in [9.17, 15) is 9.59 Å². The van der Waals surface area contributed by atoms with Crippen molar-refractivity contribution >= 4 is 23.3 Å². The zero-order chi connectivity index (χ0) is 36.4. The maximum atomic E-state index is 12.7. The molecule has 9 heteroatoms. The summed E-state index contributed by atoms with van der Waals surface area (Å²) in [4.78, 5) is 23.7. The lowest BCUT2D eigenvalue weighted by Gasteiger charge is -2.28. The molecular weight excluding hydrogens is 652 g/mol. The van der Waals surface area contributed by atoms with Crippen molar-refractivity contribution < 1.29 is 23.8 Å². The lowest BCUT2D eigenvalue weighted by Crippen LogP contribution is -2.13. The summed E-state index contributed by atoms with van der Waals surface area (Å²) in [6.45, 7) is 6.63. The Labute approximate surface area is 307 Å². The molecule has 0 heterocycles. The highest BCUT2D eigenvalue weighted by Gasteiger charge is 2.21. The summed E-state index contributed by atoms with van der Waals surface area (Å²) >= 11 is 0. The smallest absolute Gasteiger partial charge is 0.343 e. The monoisotopic (exact) mass is 702 g/mol. The number of rotatable bonds is 18. The predicted molar refractivity (Wildman–Crippen MR) is 204 cm³/mol. The molecule has 0 saturated heterocycles. The Bertz CT molecular complexity index is 1700. The van der Waals surface area contributed by atoms with Crippen LogP contribution in [0.3, 0.4) is 0 Å². The topological polar surface area (TPSA) is 111 Å². The second kappa shape index (κ2) is 20.6. The average Bonchev–Trinajstić information content (AvgIpc) is 3.19. The van der Waals surface area contributed by atoms with Crippen molar-refractivity contribution in [1.29, 1.82) is 0 Å². The van der Waals surface area contributed by atoms with E-state index in [1.807, 2.05) is 18.2 Å². The lowest BCUT2D eigenvalue weighted by atomic mass is 9.77. The summed E-state index contributed by atoms with van der Waals surface area (Å²) in [6, 6.07) is 22.3. The minimum absolute atomic E-state index is 0.0873. The second-order valence-corrected chi connectivity index (χ2v) is 13.3. The zero-order valence-electron chi connectivity index (χ0n) is 30.2. The van der Waals surface area contributed by atoms with Gasteiger partial charge < -0.3 is 14.2 Å². The van der Waals surface area contributed by atoms with Crippen molar-refractivity contribution in [2.45, 2.75) is 89.5 Å². The summed E-state index contributed by atoms with van der Waals surface area (Å²) in [5.74, 6) is 1.84. The molecule has 1 saturated carbocycles. The SMILES string of the molecule is C=CC(=O)OCCCCCCOc1ccc(C(=O)Oc2ccc(N=NC3C=CC(N=Nc4ccc(C5CCC(CCC)CC5)cc4)=CC3)cc2)cc1. The van der Waals surface area contributed by atoms with E-state index >= 15 is 0 Å². The van der Waals surface area contributed by atoms with Crippen molar-refractivity contribution in [3.05, 3.63) is 121 Å². The molecule has 272 valence electrons. The Kier molecular flexibility index (Phi) is 15.1. The molecule has 0 amide bonds. The van der Waals surface area contributed by atoms with Crippen LogP contribution in [0.2, 0.25) is 0 Å². The molecule has 0 aliphatic heterocycles. The molecule has 0 spiro atoms. The summed E-state index contributed by atoms with van der Waals surface area (Å²) in [7, 11) is 0. The molecule has 0 N–H and O–H groups in total. The highest BCUT2D eigenvalue weighted by molar-refractivity contribution is 5.91. The highest BCUT2D eigenvalue weighted by Crippen LogP contribution is 2.38. The van der Waals surface area contributed by atoms with E-state index in [1.165, 1.54) is 50.2 Å². The fourth-order valence-corrected chi connectivity index (χ4v) is 6.43. The molecule has 0 radical (unpaired) electrons. The van der Waals surface area contributed by atoms with Crippen molar-refractivity contribution in [3.8, 4) is 11.5 Å². The molecular formula is C43H50N4O5. The van der Waals surface area contributed by atoms with E-state index in [1.54, 1.807) is 48.5 Å². The number of carbonyl (C=O) groups excluding carboxylic acids is 2. The first-order chi connectivity index (χ1) is 25.5. The minimum atomic E-state index is -0.456. The van der Waals surface area contributed by atoms with E-state index in [4.69, 9.17) is 14.2 Å². The first-order valence-electron chi connectivity index (χ1n) is 18.6. The van der Waals surface area contributed by atoms with Crippen LogP contribution in [0.4, 0.5) is 11.4 Å². The van der Waals surface area contributed by atoms with Gasteiger partial charge in [-0.15, -0.1) is 0 Å². The van der Waals surface area contributed by atoms with Gasteiger partial charge in [-0.25, -0.2) is 9.59 Å². The number of hydrogen-bond acceptors (Lipinski definition) is 9. The van der Waals surface area contributed by atoms with Crippen LogP contribution in [-0.4, -0.2) is 31.2 Å². The zero-order valence-corrected chi connectivity index (χ0v) is 30.2. The normalized spacial score (nSPS) is 18.6. The Balaban J connectivity index is 0.984. The van der Waals surface area contributed by atoms with Gasteiger partial charge in [0.1, 0.15) is 11.5 Å². The van der Waals surface area contributed by atoms with E-state index in [0.717, 1.165) is 43.0 Å². The van der Waals surface area contributed by atoms with Crippen LogP contribution in [0.25, 0.3) is 0 Å². The van der Waals surface area contributed by atoms with Gasteiger partial charge in [-0.1, -0.05) is 50.6 Å². The Morgan fingerprint density at radius 2 is 1.46 bits per heavy atom. The number of azo groups is 2. The van der Waals surface area contributed by atoms with Gasteiger partial charge in [-0.2, -0.15) is 20.5 Å². The largest absolute Gasteiger partial charge is 0.494 e. The van der Waals surface area contributed by atoms with E-state index in [0.29, 0.717) is 48.3 Å². The maximum Gasteiger partial charge on any atom is 0.343 e. The van der Waals surface area contributed by atoms with Crippen LogP contribution < -0.4 is 9.47 Å². The average molecular weight is 703 g/mol. The number of benzene rings is 3. The second-order valence-electron chi connectivity index (χ2n) is 13.3. The number of carbonyl (C=O) groups is 2. The lowest BCUT2D eigenvalue weighted by molar-refractivity contribution is -0.137. The van der Waals surface area contributed by atoms with Gasteiger partial charge in [0.05, 0.1) is 41.9 Å². The fourth-order valence-electron chi connectivity index (χ4n) is 6.43. The minimum Gasteiger partial charge on any atom is -0.494 e. The van der Waals surface area contributed by atoms with Crippen molar-refractivity contribution in [1.82, 2.24) is 0 Å². The van der Waals surface area contributed by atoms with Gasteiger partial charge in [-0.3, -0.25) is 0 Å². The van der Waals surface area contributed by atoms with Crippen LogP contribution >= 0.6 is 0 Å². The molecule has 3 aromatic carbocycles. The van der Waals surface area contributed by atoms with Crippen LogP contribution in [0, 0.1) is 5.92 Å². The van der Waals surface area contributed by atoms with Gasteiger partial charge in [0.15, 0.2) is 0 Å². The number of esters is 2. The summed E-state index contributed by atoms with van der Waals surface area (Å²) in [5.41, 5.74) is 4.18. The third kappa shape index (κ3) is 12.5. The molecule has 1 atom stereocenters. The molecule has 0 aromatic heterocycles. The molecule has 9 nitrogen and oxygen atoms in total. The van der Waals surface area contributed by atoms with E-state index in [-0.39, 0.29) is 6.04 Å². The van der Waals surface area contributed by atoms with Gasteiger partial charge in [-0.05, 0) is 142 Å². The van der Waals surface area contributed by atoms with Crippen LogP contribution in [0.15, 0.2) is 130 Å². The van der Waals surface area contributed by atoms with Crippen molar-refractivity contribution in [3.63, 3.8) is 0 Å². The van der Waals surface area contributed by atoms with Gasteiger partial charge in [0.2, 0.25) is 0 Å². The Morgan fingerprint density at radius 1 is 0.788 bits per heavy atom.